The molecule has 10 nitrogen and oxygen atoms in total. The number of hydrogen-bond acceptors (Lipinski definition) is 5. The molecule has 0 aliphatic heterocycles. The average molecular weight is 404 g/mol. The molecule has 10 heteroatoms. The van der Waals surface area contributed by atoms with Gasteiger partial charge in [-0.15, -0.1) is 0 Å². The first kappa shape index (κ1) is 19.1. The number of carbonyl (C=O) groups is 2. The van der Waals surface area contributed by atoms with Gasteiger partial charge in [-0.1, -0.05) is 6.07 Å². The van der Waals surface area contributed by atoms with Crippen LogP contribution in [0.5, 0.6) is 0 Å². The first-order valence-electron chi connectivity index (χ1n) is 9.36. The van der Waals surface area contributed by atoms with Crippen molar-refractivity contribution >= 4 is 34.7 Å². The Morgan fingerprint density at radius 1 is 1.13 bits per heavy atom. The molecule has 4 aromatic rings. The molecule has 0 saturated heterocycles. The van der Waals surface area contributed by atoms with E-state index in [4.69, 9.17) is 0 Å². The molecule has 3 heterocycles. The van der Waals surface area contributed by atoms with Crippen LogP contribution in [0.1, 0.15) is 23.0 Å². The minimum atomic E-state index is -0.387. The molecule has 0 fully saturated rings. The van der Waals surface area contributed by atoms with E-state index in [2.05, 4.69) is 41.1 Å². The van der Waals surface area contributed by atoms with Crippen molar-refractivity contribution < 1.29 is 9.59 Å². The summed E-state index contributed by atoms with van der Waals surface area (Å²) in [5.41, 5.74) is 3.83. The molecule has 152 valence electrons. The second kappa shape index (κ2) is 8.03. The maximum atomic E-state index is 13.0. The fourth-order valence-electron chi connectivity index (χ4n) is 3.03. The number of rotatable bonds is 5. The van der Waals surface area contributed by atoms with Crippen LogP contribution in [0.25, 0.3) is 22.2 Å². The lowest BCUT2D eigenvalue weighted by Crippen LogP contribution is -2.28. The van der Waals surface area contributed by atoms with Crippen LogP contribution in [0.15, 0.2) is 42.7 Å². The van der Waals surface area contributed by atoms with Crippen molar-refractivity contribution in [3.05, 3.63) is 54.0 Å². The molecule has 0 radical (unpaired) electrons. The Hall–Kier alpha value is -4.21. The summed E-state index contributed by atoms with van der Waals surface area (Å²) in [5.74, 6) is 0.283. The lowest BCUT2D eigenvalue weighted by molar-refractivity contribution is 0.102. The van der Waals surface area contributed by atoms with Crippen molar-refractivity contribution in [2.24, 2.45) is 0 Å². The van der Waals surface area contributed by atoms with E-state index < -0.39 is 0 Å². The smallest absolute Gasteiger partial charge is 0.321 e. The van der Waals surface area contributed by atoms with E-state index in [1.165, 1.54) is 0 Å². The summed E-state index contributed by atoms with van der Waals surface area (Å²) < 4.78 is 0. The number of fused-ring (bicyclic) bond motifs is 1. The highest BCUT2D eigenvalue weighted by Crippen LogP contribution is 2.28. The van der Waals surface area contributed by atoms with E-state index >= 15 is 0 Å². The number of nitrogens with zero attached hydrogens (tertiary/aromatic N) is 3. The van der Waals surface area contributed by atoms with Crippen LogP contribution >= 0.6 is 0 Å². The van der Waals surface area contributed by atoms with Gasteiger partial charge < -0.3 is 15.6 Å². The van der Waals surface area contributed by atoms with Crippen LogP contribution in [0.2, 0.25) is 0 Å². The van der Waals surface area contributed by atoms with E-state index in [1.807, 2.05) is 32.0 Å². The lowest BCUT2D eigenvalue weighted by Gasteiger charge is -2.07. The molecule has 0 unspecified atom stereocenters. The molecule has 1 aromatic carbocycles. The molecule has 0 saturated carbocycles. The summed E-state index contributed by atoms with van der Waals surface area (Å²) in [6.45, 7) is 4.14. The normalized spacial score (nSPS) is 10.7. The number of pyridine rings is 1. The third kappa shape index (κ3) is 3.97. The van der Waals surface area contributed by atoms with Crippen molar-refractivity contribution in [3.8, 4) is 11.1 Å². The van der Waals surface area contributed by atoms with Gasteiger partial charge in [0.1, 0.15) is 5.52 Å². The maximum Gasteiger partial charge on any atom is 0.321 e. The second-order valence-corrected chi connectivity index (χ2v) is 6.62. The zero-order chi connectivity index (χ0) is 21.1. The second-order valence-electron chi connectivity index (χ2n) is 6.62. The van der Waals surface area contributed by atoms with Crippen molar-refractivity contribution in [2.75, 3.05) is 17.2 Å². The SMILES string of the molecule is CCNC(=O)Nc1nc2c(C(=O)Nc3cc(C)[nH]n3)cc(-c3cccnc3)cc2[nH]1. The van der Waals surface area contributed by atoms with E-state index in [0.717, 1.165) is 16.8 Å². The fourth-order valence-corrected chi connectivity index (χ4v) is 3.03. The number of H-pyrrole nitrogens is 2. The van der Waals surface area contributed by atoms with Crippen LogP contribution in [-0.2, 0) is 0 Å². The van der Waals surface area contributed by atoms with E-state index in [9.17, 15) is 9.59 Å². The average Bonchev–Trinajstić information content (AvgIpc) is 3.33. The topological polar surface area (TPSA) is 140 Å². The summed E-state index contributed by atoms with van der Waals surface area (Å²) in [4.78, 5) is 36.5. The summed E-state index contributed by atoms with van der Waals surface area (Å²) in [6, 6.07) is 8.66. The maximum absolute atomic E-state index is 13.0. The Bertz CT molecular complexity index is 1210. The molecule has 0 aliphatic carbocycles. The molecule has 5 N–H and O–H groups in total. The number of benzene rings is 1. The third-order valence-corrected chi connectivity index (χ3v) is 4.34. The first-order valence-corrected chi connectivity index (χ1v) is 9.36. The summed E-state index contributed by atoms with van der Waals surface area (Å²) in [7, 11) is 0. The van der Waals surface area contributed by atoms with Crippen LogP contribution < -0.4 is 16.0 Å². The zero-order valence-corrected chi connectivity index (χ0v) is 16.4. The van der Waals surface area contributed by atoms with E-state index in [0.29, 0.717) is 29.0 Å². The Morgan fingerprint density at radius 3 is 2.70 bits per heavy atom. The number of urea groups is 1. The highest BCUT2D eigenvalue weighted by molar-refractivity contribution is 6.12. The number of anilines is 2. The van der Waals surface area contributed by atoms with Crippen molar-refractivity contribution in [2.45, 2.75) is 13.8 Å². The Morgan fingerprint density at radius 2 is 2.00 bits per heavy atom. The van der Waals surface area contributed by atoms with Crippen molar-refractivity contribution in [1.82, 2.24) is 30.5 Å². The summed E-state index contributed by atoms with van der Waals surface area (Å²) in [5, 5.41) is 14.9. The first-order chi connectivity index (χ1) is 14.5. The van der Waals surface area contributed by atoms with Gasteiger partial charge in [0.05, 0.1) is 11.1 Å². The Labute approximate surface area is 171 Å². The molecule has 3 amide bonds. The van der Waals surface area contributed by atoms with Gasteiger partial charge >= 0.3 is 6.03 Å². The highest BCUT2D eigenvalue weighted by Gasteiger charge is 2.18. The van der Waals surface area contributed by atoms with Crippen LogP contribution in [0.4, 0.5) is 16.6 Å². The largest absolute Gasteiger partial charge is 0.338 e. The van der Waals surface area contributed by atoms with Crippen molar-refractivity contribution in [1.29, 1.82) is 0 Å². The Kier molecular flexibility index (Phi) is 5.12. The third-order valence-electron chi connectivity index (χ3n) is 4.34. The van der Waals surface area contributed by atoms with Crippen molar-refractivity contribution in [3.63, 3.8) is 0 Å². The monoisotopic (exact) mass is 404 g/mol. The number of aromatic nitrogens is 5. The minimum absolute atomic E-state index is 0.240. The number of imidazole rings is 1. The fraction of sp³-hybridized carbons (Fsp3) is 0.150. The molecular weight excluding hydrogens is 384 g/mol. The molecule has 0 aliphatic rings. The number of nitrogens with one attached hydrogen (secondary N) is 5. The predicted molar refractivity (Wildman–Crippen MR) is 113 cm³/mol. The Balaban J connectivity index is 1.77. The van der Waals surface area contributed by atoms with Gasteiger partial charge in [-0.25, -0.2) is 9.78 Å². The highest BCUT2D eigenvalue weighted by atomic mass is 16.2. The molecule has 4 rings (SSSR count). The van der Waals surface area contributed by atoms with Gasteiger partial charge in [-0.3, -0.25) is 20.2 Å². The van der Waals surface area contributed by atoms with E-state index in [1.54, 1.807) is 24.5 Å². The number of hydrogen-bond donors (Lipinski definition) is 5. The number of carbonyl (C=O) groups excluding carboxylic acids is 2. The molecule has 30 heavy (non-hydrogen) atoms. The number of amides is 3. The molecular formula is C20H20N8O2. The quantitative estimate of drug-likeness (QED) is 0.348. The minimum Gasteiger partial charge on any atom is -0.338 e. The standard InChI is InChI=1S/C20H20N8O2/c1-3-22-20(30)26-19-23-15-9-13(12-5-4-6-21-10-12)8-14(17(15)25-19)18(29)24-16-7-11(2)27-28-16/h4-10H,3H2,1-2H3,(H2,24,27,28,29)(H3,22,23,25,26,30). The molecule has 0 spiro atoms. The van der Waals surface area contributed by atoms with Crippen LogP contribution in [0.3, 0.4) is 0 Å². The predicted octanol–water partition coefficient (Wildman–Crippen LogP) is 3.05. The summed E-state index contributed by atoms with van der Waals surface area (Å²) >= 11 is 0. The van der Waals surface area contributed by atoms with Gasteiger partial charge in [-0.05, 0) is 37.6 Å². The van der Waals surface area contributed by atoms with Crippen LogP contribution in [0, 0.1) is 6.92 Å². The zero-order valence-electron chi connectivity index (χ0n) is 16.4. The van der Waals surface area contributed by atoms with E-state index in [-0.39, 0.29) is 17.9 Å². The molecule has 0 atom stereocenters. The number of aromatic amines is 2. The van der Waals surface area contributed by atoms with Gasteiger partial charge in [-0.2, -0.15) is 5.10 Å². The van der Waals surface area contributed by atoms with Gasteiger partial charge in [0, 0.05) is 36.3 Å². The summed E-state index contributed by atoms with van der Waals surface area (Å²) in [6.07, 6.45) is 3.39. The van der Waals surface area contributed by atoms with Gasteiger partial charge in [0.2, 0.25) is 5.95 Å². The number of aryl methyl sites for hydroxylation is 1. The molecule has 0 bridgehead atoms. The molecule has 3 aromatic heterocycles. The lowest BCUT2D eigenvalue weighted by atomic mass is 10.0. The van der Waals surface area contributed by atoms with Crippen LogP contribution in [-0.4, -0.2) is 43.6 Å². The van der Waals surface area contributed by atoms with Gasteiger partial charge in [0.25, 0.3) is 5.91 Å². The van der Waals surface area contributed by atoms with Gasteiger partial charge in [0.15, 0.2) is 5.82 Å².